The summed E-state index contributed by atoms with van der Waals surface area (Å²) < 4.78 is 0. The molecular formula is C12H12N4OS. The van der Waals surface area contributed by atoms with Crippen molar-refractivity contribution in [2.45, 2.75) is 13.0 Å². The fourth-order valence-electron chi connectivity index (χ4n) is 1.84. The summed E-state index contributed by atoms with van der Waals surface area (Å²) in [6, 6.07) is 5.26. The van der Waals surface area contributed by atoms with Crippen LogP contribution < -0.4 is 10.6 Å². The zero-order chi connectivity index (χ0) is 12.4. The zero-order valence-corrected chi connectivity index (χ0v) is 10.5. The monoisotopic (exact) mass is 260 g/mol. The molecule has 0 atom stereocenters. The van der Waals surface area contributed by atoms with Gasteiger partial charge in [-0.3, -0.25) is 15.1 Å². The number of aromatic nitrogens is 2. The van der Waals surface area contributed by atoms with Gasteiger partial charge in [-0.25, -0.2) is 4.98 Å². The summed E-state index contributed by atoms with van der Waals surface area (Å²) in [6.07, 6.45) is 2.52. The van der Waals surface area contributed by atoms with Gasteiger partial charge in [0.05, 0.1) is 5.69 Å². The van der Waals surface area contributed by atoms with E-state index in [-0.39, 0.29) is 5.91 Å². The molecule has 1 aliphatic heterocycles. The molecule has 18 heavy (non-hydrogen) atoms. The van der Waals surface area contributed by atoms with Crippen LogP contribution in [0.15, 0.2) is 24.4 Å². The standard InChI is InChI=1S/C12H12N4OS/c17-11(9-3-1-2-5-14-9)16-12-15-8-4-6-13-7-10(8)18-12/h1-3,5,13H,4,6-7H2,(H,15,16,17). The number of carbonyl (C=O) groups excluding carboxylic acids is 1. The summed E-state index contributed by atoms with van der Waals surface area (Å²) in [5.41, 5.74) is 1.50. The summed E-state index contributed by atoms with van der Waals surface area (Å²) in [7, 11) is 0. The van der Waals surface area contributed by atoms with Crippen LogP contribution in [0.2, 0.25) is 0 Å². The Morgan fingerprint density at radius 1 is 1.44 bits per heavy atom. The number of hydrogen-bond donors (Lipinski definition) is 2. The van der Waals surface area contributed by atoms with E-state index in [1.807, 2.05) is 0 Å². The number of pyridine rings is 1. The van der Waals surface area contributed by atoms with Crippen molar-refractivity contribution in [1.29, 1.82) is 0 Å². The van der Waals surface area contributed by atoms with E-state index in [0.29, 0.717) is 10.8 Å². The van der Waals surface area contributed by atoms with E-state index in [2.05, 4.69) is 20.6 Å². The molecule has 0 radical (unpaired) electrons. The SMILES string of the molecule is O=C(Nc1nc2c(s1)CNCC2)c1ccccn1. The Hall–Kier alpha value is -1.79. The highest BCUT2D eigenvalue weighted by Crippen LogP contribution is 2.25. The van der Waals surface area contributed by atoms with Crippen molar-refractivity contribution in [2.24, 2.45) is 0 Å². The highest BCUT2D eigenvalue weighted by Gasteiger charge is 2.16. The molecule has 6 heteroatoms. The average molecular weight is 260 g/mol. The van der Waals surface area contributed by atoms with Crippen LogP contribution in [0, 0.1) is 0 Å². The third-order valence-corrected chi connectivity index (χ3v) is 3.73. The van der Waals surface area contributed by atoms with Crippen LogP contribution in [-0.2, 0) is 13.0 Å². The first-order valence-corrected chi connectivity index (χ1v) is 6.56. The number of rotatable bonds is 2. The van der Waals surface area contributed by atoms with Crippen LogP contribution >= 0.6 is 11.3 Å². The van der Waals surface area contributed by atoms with Crippen LogP contribution in [0.4, 0.5) is 5.13 Å². The van der Waals surface area contributed by atoms with Gasteiger partial charge in [-0.2, -0.15) is 0 Å². The Morgan fingerprint density at radius 3 is 3.17 bits per heavy atom. The van der Waals surface area contributed by atoms with Crippen LogP contribution in [0.25, 0.3) is 0 Å². The molecule has 2 aromatic heterocycles. The van der Waals surface area contributed by atoms with E-state index in [4.69, 9.17) is 0 Å². The smallest absolute Gasteiger partial charge is 0.276 e. The van der Waals surface area contributed by atoms with Crippen molar-refractivity contribution in [3.63, 3.8) is 0 Å². The van der Waals surface area contributed by atoms with Crippen molar-refractivity contribution in [1.82, 2.24) is 15.3 Å². The van der Waals surface area contributed by atoms with Gasteiger partial charge < -0.3 is 5.32 Å². The number of thiazole rings is 1. The lowest BCUT2D eigenvalue weighted by molar-refractivity contribution is 0.102. The van der Waals surface area contributed by atoms with Crippen LogP contribution in [0.5, 0.6) is 0 Å². The van der Waals surface area contributed by atoms with Gasteiger partial charge >= 0.3 is 0 Å². The molecule has 1 amide bonds. The third kappa shape index (κ3) is 2.25. The van der Waals surface area contributed by atoms with E-state index in [9.17, 15) is 4.79 Å². The summed E-state index contributed by atoms with van der Waals surface area (Å²) in [5.74, 6) is -0.213. The Kier molecular flexibility index (Phi) is 3.04. The summed E-state index contributed by atoms with van der Waals surface area (Å²) in [6.45, 7) is 1.79. The molecule has 3 heterocycles. The molecule has 0 fully saturated rings. The molecule has 0 spiro atoms. The minimum Gasteiger partial charge on any atom is -0.311 e. The number of anilines is 1. The maximum Gasteiger partial charge on any atom is 0.276 e. The molecule has 0 saturated carbocycles. The van der Waals surface area contributed by atoms with E-state index in [1.54, 1.807) is 24.4 Å². The van der Waals surface area contributed by atoms with E-state index < -0.39 is 0 Å². The summed E-state index contributed by atoms with van der Waals surface area (Å²) in [4.78, 5) is 21.6. The Bertz CT molecular complexity index is 543. The molecule has 2 aromatic rings. The Morgan fingerprint density at radius 2 is 2.39 bits per heavy atom. The lowest BCUT2D eigenvalue weighted by Crippen LogP contribution is -2.22. The van der Waals surface area contributed by atoms with Gasteiger partial charge in [0.25, 0.3) is 5.91 Å². The molecule has 0 aromatic carbocycles. The largest absolute Gasteiger partial charge is 0.311 e. The molecule has 3 rings (SSSR count). The minimum atomic E-state index is -0.213. The molecule has 0 saturated heterocycles. The van der Waals surface area contributed by atoms with Gasteiger partial charge in [0.1, 0.15) is 5.69 Å². The number of nitrogens with one attached hydrogen (secondary N) is 2. The minimum absolute atomic E-state index is 0.213. The topological polar surface area (TPSA) is 66.9 Å². The summed E-state index contributed by atoms with van der Waals surface area (Å²) in [5, 5.41) is 6.73. The lowest BCUT2D eigenvalue weighted by atomic mass is 10.2. The quantitative estimate of drug-likeness (QED) is 0.857. The Labute approximate surface area is 108 Å². The molecule has 2 N–H and O–H groups in total. The van der Waals surface area contributed by atoms with E-state index >= 15 is 0 Å². The molecule has 0 aliphatic carbocycles. The second-order valence-corrected chi connectivity index (χ2v) is 5.07. The van der Waals surface area contributed by atoms with Crippen molar-refractivity contribution in [2.75, 3.05) is 11.9 Å². The van der Waals surface area contributed by atoms with E-state index in [1.165, 1.54) is 16.2 Å². The van der Waals surface area contributed by atoms with Gasteiger partial charge in [-0.1, -0.05) is 6.07 Å². The van der Waals surface area contributed by atoms with Crippen molar-refractivity contribution in [3.05, 3.63) is 40.7 Å². The van der Waals surface area contributed by atoms with Crippen molar-refractivity contribution in [3.8, 4) is 0 Å². The summed E-state index contributed by atoms with van der Waals surface area (Å²) >= 11 is 1.52. The Balaban J connectivity index is 1.77. The maximum atomic E-state index is 11.9. The lowest BCUT2D eigenvalue weighted by Gasteiger charge is -2.09. The second kappa shape index (κ2) is 4.83. The first-order valence-electron chi connectivity index (χ1n) is 5.74. The number of nitrogens with zero attached hydrogens (tertiary/aromatic N) is 2. The van der Waals surface area contributed by atoms with Gasteiger partial charge in [0, 0.05) is 30.6 Å². The van der Waals surface area contributed by atoms with Crippen LogP contribution in [-0.4, -0.2) is 22.4 Å². The predicted octanol–water partition coefficient (Wildman–Crippen LogP) is 1.44. The number of fused-ring (bicyclic) bond motifs is 1. The normalized spacial score (nSPS) is 14.0. The van der Waals surface area contributed by atoms with Crippen molar-refractivity contribution >= 4 is 22.4 Å². The van der Waals surface area contributed by atoms with E-state index in [0.717, 1.165) is 25.2 Å². The predicted molar refractivity (Wildman–Crippen MR) is 69.7 cm³/mol. The molecule has 0 bridgehead atoms. The van der Waals surface area contributed by atoms with Crippen LogP contribution in [0.3, 0.4) is 0 Å². The van der Waals surface area contributed by atoms with Crippen molar-refractivity contribution < 1.29 is 4.79 Å². The maximum absolute atomic E-state index is 11.9. The molecule has 0 unspecified atom stereocenters. The van der Waals surface area contributed by atoms with Crippen LogP contribution in [0.1, 0.15) is 21.1 Å². The highest BCUT2D eigenvalue weighted by molar-refractivity contribution is 7.15. The molecule has 1 aliphatic rings. The van der Waals surface area contributed by atoms with Gasteiger partial charge in [0.2, 0.25) is 0 Å². The van der Waals surface area contributed by atoms with Gasteiger partial charge in [-0.05, 0) is 12.1 Å². The first kappa shape index (κ1) is 11.3. The first-order chi connectivity index (χ1) is 8.83. The second-order valence-electron chi connectivity index (χ2n) is 3.98. The zero-order valence-electron chi connectivity index (χ0n) is 9.64. The number of hydrogen-bond acceptors (Lipinski definition) is 5. The fourth-order valence-corrected chi connectivity index (χ4v) is 2.81. The fraction of sp³-hybridized carbons (Fsp3) is 0.250. The van der Waals surface area contributed by atoms with Gasteiger partial charge in [-0.15, -0.1) is 11.3 Å². The third-order valence-electron chi connectivity index (χ3n) is 2.72. The number of amides is 1. The molecular weight excluding hydrogens is 248 g/mol. The molecule has 92 valence electrons. The molecule has 5 nitrogen and oxygen atoms in total. The number of carbonyl (C=O) groups is 1. The average Bonchev–Trinajstić information content (AvgIpc) is 2.82. The highest BCUT2D eigenvalue weighted by atomic mass is 32.1. The van der Waals surface area contributed by atoms with Gasteiger partial charge in [0.15, 0.2) is 5.13 Å².